The summed E-state index contributed by atoms with van der Waals surface area (Å²) in [5, 5.41) is 10.2. The zero-order valence-corrected chi connectivity index (χ0v) is 25.0. The molecule has 0 saturated carbocycles. The first kappa shape index (κ1) is 30.8. The molecule has 4 rings (SSSR count). The second-order valence-corrected chi connectivity index (χ2v) is 14.2. The lowest BCUT2D eigenvalue weighted by molar-refractivity contribution is -0.143. The van der Waals surface area contributed by atoms with Gasteiger partial charge < -0.3 is 9.84 Å². The molecule has 2 heterocycles. The van der Waals surface area contributed by atoms with E-state index >= 15 is 0 Å². The normalized spacial score (nSPS) is 16.9. The fraction of sp³-hybridized carbons (Fsp3) is 0.429. The number of rotatable bonds is 12. The summed E-state index contributed by atoms with van der Waals surface area (Å²) < 4.78 is 60.9. The zero-order valence-electron chi connectivity index (χ0n) is 23.4. The molecule has 3 aromatic rings. The van der Waals surface area contributed by atoms with E-state index in [9.17, 15) is 26.7 Å². The number of pyridine rings is 1. The van der Waals surface area contributed by atoms with Crippen molar-refractivity contribution < 1.29 is 31.5 Å². The first-order valence-corrected chi connectivity index (χ1v) is 16.4. The lowest BCUT2D eigenvalue weighted by Gasteiger charge is -2.37. The molecule has 1 aliphatic heterocycles. The van der Waals surface area contributed by atoms with Gasteiger partial charge in [-0.3, -0.25) is 14.7 Å². The predicted octanol–water partition coefficient (Wildman–Crippen LogP) is 2.60. The van der Waals surface area contributed by atoms with Crippen molar-refractivity contribution in [2.24, 2.45) is 0 Å². The van der Waals surface area contributed by atoms with Crippen LogP contribution in [0.5, 0.6) is 5.75 Å². The van der Waals surface area contributed by atoms with Crippen LogP contribution in [0.25, 0.3) is 10.9 Å². The van der Waals surface area contributed by atoms with E-state index in [1.54, 1.807) is 30.9 Å². The van der Waals surface area contributed by atoms with Crippen molar-refractivity contribution in [1.82, 2.24) is 18.9 Å². The summed E-state index contributed by atoms with van der Waals surface area (Å²) in [7, 11) is -7.46. The molecule has 2 atom stereocenters. The number of aromatic nitrogens is 1. The number of nitrogens with one attached hydrogen (secondary N) is 1. The second-order valence-electron chi connectivity index (χ2n) is 10.1. The van der Waals surface area contributed by atoms with Crippen LogP contribution in [0.15, 0.2) is 59.5 Å². The van der Waals surface area contributed by atoms with Crippen molar-refractivity contribution in [3.63, 3.8) is 0 Å². The second kappa shape index (κ2) is 12.8. The topological polar surface area (TPSA) is 146 Å². The van der Waals surface area contributed by atoms with Crippen molar-refractivity contribution >= 4 is 36.9 Å². The Labute approximate surface area is 241 Å². The highest BCUT2D eigenvalue weighted by Crippen LogP contribution is 2.22. The number of carboxylic acids is 1. The Hall–Kier alpha value is -3.10. The molecule has 13 heteroatoms. The number of hydrogen-bond donors (Lipinski definition) is 2. The van der Waals surface area contributed by atoms with Gasteiger partial charge >= 0.3 is 5.97 Å². The van der Waals surface area contributed by atoms with Crippen LogP contribution in [0.1, 0.15) is 31.5 Å². The van der Waals surface area contributed by atoms with Gasteiger partial charge in [0.05, 0.1) is 15.7 Å². The summed E-state index contributed by atoms with van der Waals surface area (Å²) in [5.41, 5.74) is 2.70. The average molecular weight is 605 g/mol. The van der Waals surface area contributed by atoms with E-state index in [0.717, 1.165) is 22.2 Å². The molecule has 11 nitrogen and oxygen atoms in total. The van der Waals surface area contributed by atoms with Crippen molar-refractivity contribution in [1.29, 1.82) is 0 Å². The van der Waals surface area contributed by atoms with Crippen LogP contribution < -0.4 is 9.46 Å². The maximum absolute atomic E-state index is 13.0. The van der Waals surface area contributed by atoms with E-state index in [1.807, 2.05) is 37.3 Å². The Morgan fingerprint density at radius 1 is 1.05 bits per heavy atom. The standard InChI is InChI=1S/C28H36N4O7S2/c1-4-21(3)41(37,38)32-15-13-31(14-16-32)27(28(33)34)18-29-40(35,36)24-11-9-23(10-12-24)39-19-22-17-20(2)30-26-8-6-5-7-25(22)26/h5-12,17,21,27,29H,4,13-16,18-19H2,1-3H3,(H,33,34)/t21?,27-/m0/s1. The third-order valence-corrected chi connectivity index (χ3v) is 11.2. The summed E-state index contributed by atoms with van der Waals surface area (Å²) in [6.45, 7) is 5.96. The van der Waals surface area contributed by atoms with Crippen LogP contribution in [0.2, 0.25) is 0 Å². The van der Waals surface area contributed by atoms with E-state index in [-0.39, 0.29) is 44.2 Å². The Balaban J connectivity index is 1.36. The summed E-state index contributed by atoms with van der Waals surface area (Å²) in [4.78, 5) is 18.1. The quantitative estimate of drug-likeness (QED) is 0.319. The Morgan fingerprint density at radius 3 is 2.34 bits per heavy atom. The SMILES string of the molecule is CCC(C)S(=O)(=O)N1CCN([C@@H](CNS(=O)(=O)c2ccc(OCc3cc(C)nc4ccccc34)cc2)C(=O)O)CC1. The number of benzene rings is 2. The Morgan fingerprint density at radius 2 is 1.71 bits per heavy atom. The molecular formula is C28H36N4O7S2. The molecule has 1 fully saturated rings. The molecule has 2 aromatic carbocycles. The van der Waals surface area contributed by atoms with Gasteiger partial charge in [0.25, 0.3) is 0 Å². The van der Waals surface area contributed by atoms with Crippen molar-refractivity contribution in [2.75, 3.05) is 32.7 Å². The number of ether oxygens (including phenoxy) is 1. The number of aliphatic carboxylic acids is 1. The average Bonchev–Trinajstić information content (AvgIpc) is 2.95. The highest BCUT2D eigenvalue weighted by molar-refractivity contribution is 7.89. The minimum Gasteiger partial charge on any atom is -0.489 e. The lowest BCUT2D eigenvalue weighted by Crippen LogP contribution is -2.57. The number of sulfonamides is 2. The smallest absolute Gasteiger partial charge is 0.322 e. The van der Waals surface area contributed by atoms with Crippen LogP contribution in [-0.2, 0) is 31.4 Å². The number of carbonyl (C=O) groups is 1. The molecular weight excluding hydrogens is 568 g/mol. The number of piperazine rings is 1. The maximum atomic E-state index is 13.0. The number of hydrogen-bond acceptors (Lipinski definition) is 8. The summed E-state index contributed by atoms with van der Waals surface area (Å²) >= 11 is 0. The van der Waals surface area contributed by atoms with Crippen LogP contribution in [0, 0.1) is 6.92 Å². The number of aryl methyl sites for hydroxylation is 1. The third-order valence-electron chi connectivity index (χ3n) is 7.37. The van der Waals surface area contributed by atoms with Crippen molar-refractivity contribution in [2.45, 2.75) is 50.0 Å². The summed E-state index contributed by atoms with van der Waals surface area (Å²) in [6, 6.07) is 14.5. The van der Waals surface area contributed by atoms with Gasteiger partial charge in [0, 0.05) is 49.4 Å². The zero-order chi connectivity index (χ0) is 29.8. The molecule has 41 heavy (non-hydrogen) atoms. The highest BCUT2D eigenvalue weighted by atomic mass is 32.2. The van der Waals surface area contributed by atoms with Gasteiger partial charge in [-0.25, -0.2) is 21.6 Å². The van der Waals surface area contributed by atoms with Gasteiger partial charge in [0.15, 0.2) is 0 Å². The van der Waals surface area contributed by atoms with Crippen LogP contribution in [0.3, 0.4) is 0 Å². The molecule has 0 radical (unpaired) electrons. The Kier molecular flexibility index (Phi) is 9.65. The van der Waals surface area contributed by atoms with Crippen LogP contribution >= 0.6 is 0 Å². The fourth-order valence-electron chi connectivity index (χ4n) is 4.77. The predicted molar refractivity (Wildman–Crippen MR) is 156 cm³/mol. The van der Waals surface area contributed by atoms with Crippen molar-refractivity contribution in [3.05, 3.63) is 65.9 Å². The third kappa shape index (κ3) is 7.22. The van der Waals surface area contributed by atoms with Gasteiger partial charge in [0.1, 0.15) is 18.4 Å². The molecule has 1 aromatic heterocycles. The molecule has 1 aliphatic rings. The number of nitrogens with zero attached hydrogens (tertiary/aromatic N) is 3. The van der Waals surface area contributed by atoms with E-state index in [4.69, 9.17) is 4.74 Å². The van der Waals surface area contributed by atoms with E-state index in [2.05, 4.69) is 9.71 Å². The molecule has 1 unspecified atom stereocenters. The molecule has 0 bridgehead atoms. The van der Waals surface area contributed by atoms with Gasteiger partial charge in [-0.1, -0.05) is 25.1 Å². The first-order chi connectivity index (χ1) is 19.4. The van der Waals surface area contributed by atoms with Crippen LogP contribution in [-0.4, -0.2) is 86.1 Å². The van der Waals surface area contributed by atoms with Gasteiger partial charge in [-0.2, -0.15) is 4.31 Å². The monoisotopic (exact) mass is 604 g/mol. The fourth-order valence-corrected chi connectivity index (χ4v) is 7.41. The van der Waals surface area contributed by atoms with E-state index in [1.165, 1.54) is 16.4 Å². The Bertz CT molecular complexity index is 1590. The number of carboxylic acid groups (broad SMARTS) is 1. The first-order valence-electron chi connectivity index (χ1n) is 13.5. The van der Waals surface area contributed by atoms with Gasteiger partial charge in [-0.15, -0.1) is 0 Å². The maximum Gasteiger partial charge on any atom is 0.322 e. The number of para-hydroxylation sites is 1. The number of fused-ring (bicyclic) bond motifs is 1. The lowest BCUT2D eigenvalue weighted by atomic mass is 10.1. The molecule has 222 valence electrons. The minimum atomic E-state index is -4.00. The largest absolute Gasteiger partial charge is 0.489 e. The van der Waals surface area contributed by atoms with Gasteiger partial charge in [-0.05, 0) is 56.7 Å². The molecule has 0 amide bonds. The highest BCUT2D eigenvalue weighted by Gasteiger charge is 2.35. The van der Waals surface area contributed by atoms with Crippen LogP contribution in [0.4, 0.5) is 0 Å². The van der Waals surface area contributed by atoms with Gasteiger partial charge in [0.2, 0.25) is 20.0 Å². The summed E-state index contributed by atoms with van der Waals surface area (Å²) in [5.74, 6) is -0.704. The van der Waals surface area contributed by atoms with E-state index in [0.29, 0.717) is 12.2 Å². The van der Waals surface area contributed by atoms with Crippen molar-refractivity contribution in [3.8, 4) is 5.75 Å². The molecule has 0 aliphatic carbocycles. The van der Waals surface area contributed by atoms with E-state index < -0.39 is 37.3 Å². The molecule has 2 N–H and O–H groups in total. The minimum absolute atomic E-state index is 0.0244. The summed E-state index contributed by atoms with van der Waals surface area (Å²) in [6.07, 6.45) is 0.483. The molecule has 0 spiro atoms. The molecule has 1 saturated heterocycles.